The van der Waals surface area contributed by atoms with Crippen molar-refractivity contribution >= 4 is 17.8 Å². The SMILES string of the molecule is C[C@@H]1SCCN(C(=O)NCCc2cn3c(n2)CCCC3)[C@@H]1C. The van der Waals surface area contributed by atoms with Gasteiger partial charge in [-0.3, -0.25) is 0 Å². The molecular formula is C16H26N4OS. The third kappa shape index (κ3) is 3.42. The van der Waals surface area contributed by atoms with E-state index in [0.717, 1.165) is 37.4 Å². The monoisotopic (exact) mass is 322 g/mol. The molecule has 3 heterocycles. The fourth-order valence-corrected chi connectivity index (χ4v) is 4.31. The number of rotatable bonds is 3. The summed E-state index contributed by atoms with van der Waals surface area (Å²) in [6.07, 6.45) is 6.56. The molecule has 1 saturated heterocycles. The molecule has 122 valence electrons. The molecule has 0 unspecified atom stereocenters. The molecule has 0 aromatic carbocycles. The lowest BCUT2D eigenvalue weighted by Gasteiger charge is -2.37. The van der Waals surface area contributed by atoms with Crippen molar-refractivity contribution in [2.75, 3.05) is 18.8 Å². The zero-order valence-corrected chi connectivity index (χ0v) is 14.4. The Hall–Kier alpha value is -1.17. The predicted octanol–water partition coefficient (Wildman–Crippen LogP) is 2.30. The second-order valence-corrected chi connectivity index (χ2v) is 7.78. The highest BCUT2D eigenvalue weighted by Gasteiger charge is 2.28. The highest BCUT2D eigenvalue weighted by atomic mass is 32.2. The summed E-state index contributed by atoms with van der Waals surface area (Å²) in [5.74, 6) is 2.25. The van der Waals surface area contributed by atoms with E-state index in [1.165, 1.54) is 18.7 Å². The molecule has 0 radical (unpaired) electrons. The Labute approximate surface area is 136 Å². The molecule has 1 fully saturated rings. The molecule has 3 rings (SSSR count). The van der Waals surface area contributed by atoms with Crippen molar-refractivity contribution in [1.82, 2.24) is 19.8 Å². The summed E-state index contributed by atoms with van der Waals surface area (Å²) >= 11 is 1.95. The fraction of sp³-hybridized carbons (Fsp3) is 0.750. The van der Waals surface area contributed by atoms with Crippen molar-refractivity contribution in [1.29, 1.82) is 0 Å². The molecule has 1 aromatic heterocycles. The van der Waals surface area contributed by atoms with E-state index in [1.807, 2.05) is 16.7 Å². The van der Waals surface area contributed by atoms with E-state index >= 15 is 0 Å². The van der Waals surface area contributed by atoms with Crippen LogP contribution >= 0.6 is 11.8 Å². The van der Waals surface area contributed by atoms with Gasteiger partial charge in [0.05, 0.1) is 5.69 Å². The van der Waals surface area contributed by atoms with Gasteiger partial charge in [0.1, 0.15) is 5.82 Å². The van der Waals surface area contributed by atoms with Crippen LogP contribution < -0.4 is 5.32 Å². The molecule has 1 aromatic rings. The Morgan fingerprint density at radius 3 is 3.09 bits per heavy atom. The second kappa shape index (κ2) is 6.94. The number of nitrogens with zero attached hydrogens (tertiary/aromatic N) is 3. The van der Waals surface area contributed by atoms with Crippen molar-refractivity contribution in [3.63, 3.8) is 0 Å². The van der Waals surface area contributed by atoms with Gasteiger partial charge in [-0.1, -0.05) is 6.92 Å². The summed E-state index contributed by atoms with van der Waals surface area (Å²) in [6, 6.07) is 0.377. The zero-order valence-electron chi connectivity index (χ0n) is 13.5. The van der Waals surface area contributed by atoms with Crippen LogP contribution in [-0.2, 0) is 19.4 Å². The van der Waals surface area contributed by atoms with E-state index < -0.39 is 0 Å². The van der Waals surface area contributed by atoms with Crippen LogP contribution in [0, 0.1) is 0 Å². The second-order valence-electron chi connectivity index (χ2n) is 6.29. The van der Waals surface area contributed by atoms with Gasteiger partial charge in [-0.15, -0.1) is 0 Å². The molecule has 2 atom stereocenters. The van der Waals surface area contributed by atoms with Crippen LogP contribution in [0.25, 0.3) is 0 Å². The molecule has 6 heteroatoms. The highest BCUT2D eigenvalue weighted by molar-refractivity contribution is 8.00. The summed E-state index contributed by atoms with van der Waals surface area (Å²) in [5.41, 5.74) is 1.10. The third-order valence-electron chi connectivity index (χ3n) is 4.76. The van der Waals surface area contributed by atoms with Crippen LogP contribution in [0.1, 0.15) is 38.2 Å². The number of urea groups is 1. The Balaban J connectivity index is 1.48. The molecule has 0 saturated carbocycles. The topological polar surface area (TPSA) is 50.2 Å². The van der Waals surface area contributed by atoms with Gasteiger partial charge >= 0.3 is 6.03 Å². The summed E-state index contributed by atoms with van der Waals surface area (Å²) < 4.78 is 2.27. The molecule has 22 heavy (non-hydrogen) atoms. The maximum absolute atomic E-state index is 12.3. The average molecular weight is 322 g/mol. The van der Waals surface area contributed by atoms with E-state index in [4.69, 9.17) is 0 Å². The predicted molar refractivity (Wildman–Crippen MR) is 90.4 cm³/mol. The number of aryl methyl sites for hydroxylation is 2. The van der Waals surface area contributed by atoms with Crippen molar-refractivity contribution < 1.29 is 4.79 Å². The number of nitrogens with one attached hydrogen (secondary N) is 1. The summed E-state index contributed by atoms with van der Waals surface area (Å²) in [7, 11) is 0. The van der Waals surface area contributed by atoms with Crippen LogP contribution in [0.4, 0.5) is 4.79 Å². The minimum atomic E-state index is 0.0728. The lowest BCUT2D eigenvalue weighted by atomic mass is 10.2. The van der Waals surface area contributed by atoms with Crippen molar-refractivity contribution in [2.45, 2.75) is 57.4 Å². The molecule has 0 spiro atoms. The minimum Gasteiger partial charge on any atom is -0.338 e. The van der Waals surface area contributed by atoms with Crippen molar-refractivity contribution in [2.24, 2.45) is 0 Å². The number of fused-ring (bicyclic) bond motifs is 1. The quantitative estimate of drug-likeness (QED) is 0.929. The minimum absolute atomic E-state index is 0.0728. The molecule has 1 N–H and O–H groups in total. The van der Waals surface area contributed by atoms with Crippen molar-refractivity contribution in [3.05, 3.63) is 17.7 Å². The van der Waals surface area contributed by atoms with Crippen LogP contribution in [0.15, 0.2) is 6.20 Å². The first-order valence-corrected chi connectivity index (χ1v) is 9.41. The lowest BCUT2D eigenvalue weighted by Crippen LogP contribution is -2.52. The third-order valence-corrected chi connectivity index (χ3v) is 6.10. The van der Waals surface area contributed by atoms with Crippen LogP contribution in [0.3, 0.4) is 0 Å². The van der Waals surface area contributed by atoms with Gasteiger partial charge in [-0.05, 0) is 19.8 Å². The molecule has 2 amide bonds. The van der Waals surface area contributed by atoms with Crippen LogP contribution in [0.2, 0.25) is 0 Å². The van der Waals surface area contributed by atoms with E-state index in [1.54, 1.807) is 0 Å². The Bertz CT molecular complexity index is 507. The first kappa shape index (κ1) is 15.7. The first-order valence-electron chi connectivity index (χ1n) is 8.36. The largest absolute Gasteiger partial charge is 0.338 e. The van der Waals surface area contributed by atoms with Gasteiger partial charge in [-0.2, -0.15) is 11.8 Å². The molecule has 2 aliphatic heterocycles. The Kier molecular flexibility index (Phi) is 4.96. The van der Waals surface area contributed by atoms with E-state index in [9.17, 15) is 4.79 Å². The number of amides is 2. The average Bonchev–Trinajstić information content (AvgIpc) is 2.92. The fourth-order valence-electron chi connectivity index (χ4n) is 3.21. The summed E-state index contributed by atoms with van der Waals surface area (Å²) in [5, 5.41) is 3.57. The van der Waals surface area contributed by atoms with Gasteiger partial charge in [0.2, 0.25) is 0 Å². The van der Waals surface area contributed by atoms with Gasteiger partial charge in [0.25, 0.3) is 0 Å². The summed E-state index contributed by atoms with van der Waals surface area (Å²) in [6.45, 7) is 6.95. The number of hydrogen-bond donors (Lipinski definition) is 1. The lowest BCUT2D eigenvalue weighted by molar-refractivity contribution is 0.180. The van der Waals surface area contributed by atoms with Gasteiger partial charge in [0.15, 0.2) is 0 Å². The highest BCUT2D eigenvalue weighted by Crippen LogP contribution is 2.24. The molecule has 0 bridgehead atoms. The molecule has 5 nitrogen and oxygen atoms in total. The number of hydrogen-bond acceptors (Lipinski definition) is 3. The zero-order chi connectivity index (χ0) is 15.5. The number of aromatic nitrogens is 2. The van der Waals surface area contributed by atoms with Gasteiger partial charge in [-0.25, -0.2) is 9.78 Å². The van der Waals surface area contributed by atoms with E-state index in [-0.39, 0.29) is 6.03 Å². The van der Waals surface area contributed by atoms with Crippen LogP contribution in [-0.4, -0.2) is 50.6 Å². The maximum atomic E-state index is 12.3. The number of thioether (sulfide) groups is 1. The Morgan fingerprint density at radius 1 is 1.41 bits per heavy atom. The molecule has 0 aliphatic carbocycles. The Morgan fingerprint density at radius 2 is 2.27 bits per heavy atom. The van der Waals surface area contributed by atoms with E-state index in [2.05, 4.69) is 34.9 Å². The number of carbonyl (C=O) groups is 1. The number of imidazole rings is 1. The van der Waals surface area contributed by atoms with Gasteiger partial charge in [0, 0.05) is 55.7 Å². The molecular weight excluding hydrogens is 296 g/mol. The normalized spacial score (nSPS) is 24.9. The maximum Gasteiger partial charge on any atom is 0.317 e. The standard InChI is InChI=1S/C16H26N4OS/c1-12-13(2)22-10-9-20(12)16(21)17-7-6-14-11-19-8-4-3-5-15(19)18-14/h11-13H,3-10H2,1-2H3,(H,17,21)/t12-,13+/m1/s1. The first-order chi connectivity index (χ1) is 10.6. The molecule has 2 aliphatic rings. The van der Waals surface area contributed by atoms with Crippen LogP contribution in [0.5, 0.6) is 0 Å². The number of carbonyl (C=O) groups excluding carboxylic acids is 1. The van der Waals surface area contributed by atoms with Crippen molar-refractivity contribution in [3.8, 4) is 0 Å². The van der Waals surface area contributed by atoms with E-state index in [0.29, 0.717) is 17.8 Å². The smallest absolute Gasteiger partial charge is 0.317 e. The van der Waals surface area contributed by atoms with Gasteiger partial charge < -0.3 is 14.8 Å². The summed E-state index contributed by atoms with van der Waals surface area (Å²) in [4.78, 5) is 19.0.